The molecule has 5 nitrogen and oxygen atoms in total. The number of hydrogen-bond donors (Lipinski definition) is 1. The molecule has 0 aliphatic heterocycles. The summed E-state index contributed by atoms with van der Waals surface area (Å²) in [5, 5.41) is -1.37. The Hall–Kier alpha value is 0.0300. The van der Waals surface area contributed by atoms with Gasteiger partial charge in [0.05, 0.1) is 14.3 Å². The zero-order valence-electron chi connectivity index (χ0n) is 10.5. The SMILES string of the molecule is CCS(=O)(=O)C(C)N(c1ccc(F)c(I)c1Cl)S(=O)O. The first-order valence-electron chi connectivity index (χ1n) is 5.38. The molecule has 0 amide bonds. The van der Waals surface area contributed by atoms with E-state index in [0.29, 0.717) is 0 Å². The van der Waals surface area contributed by atoms with Gasteiger partial charge in [0, 0.05) is 5.75 Å². The summed E-state index contributed by atoms with van der Waals surface area (Å²) in [6, 6.07) is 2.24. The second-order valence-electron chi connectivity index (χ2n) is 3.80. The van der Waals surface area contributed by atoms with Crippen LogP contribution in [0.4, 0.5) is 10.1 Å². The Morgan fingerprint density at radius 2 is 2.10 bits per heavy atom. The van der Waals surface area contributed by atoms with Crippen LogP contribution in [0.25, 0.3) is 0 Å². The van der Waals surface area contributed by atoms with E-state index in [1.807, 2.05) is 0 Å². The number of anilines is 1. The Morgan fingerprint density at radius 1 is 1.55 bits per heavy atom. The molecule has 10 heteroatoms. The molecule has 0 aliphatic rings. The van der Waals surface area contributed by atoms with Crippen molar-refractivity contribution in [3.8, 4) is 0 Å². The van der Waals surface area contributed by atoms with Crippen molar-refractivity contribution in [3.63, 3.8) is 0 Å². The van der Waals surface area contributed by atoms with E-state index >= 15 is 0 Å². The molecule has 2 atom stereocenters. The van der Waals surface area contributed by atoms with Crippen LogP contribution in [0.2, 0.25) is 5.02 Å². The van der Waals surface area contributed by atoms with Crippen LogP contribution in [0.1, 0.15) is 13.8 Å². The van der Waals surface area contributed by atoms with Gasteiger partial charge in [-0.2, -0.15) is 0 Å². The molecular formula is C10H12ClFINO4S2. The maximum Gasteiger partial charge on any atom is 0.263 e. The molecule has 1 N–H and O–H groups in total. The van der Waals surface area contributed by atoms with E-state index in [1.54, 1.807) is 22.6 Å². The van der Waals surface area contributed by atoms with Crippen molar-refractivity contribution in [2.75, 3.05) is 10.1 Å². The highest BCUT2D eigenvalue weighted by molar-refractivity contribution is 14.1. The lowest BCUT2D eigenvalue weighted by Gasteiger charge is -2.27. The van der Waals surface area contributed by atoms with Gasteiger partial charge >= 0.3 is 0 Å². The molecule has 1 rings (SSSR count). The van der Waals surface area contributed by atoms with Crippen LogP contribution in [-0.4, -0.2) is 28.3 Å². The van der Waals surface area contributed by atoms with Crippen LogP contribution in [0, 0.1) is 9.39 Å². The van der Waals surface area contributed by atoms with E-state index in [4.69, 9.17) is 11.6 Å². The summed E-state index contributed by atoms with van der Waals surface area (Å²) in [6.45, 7) is 2.71. The number of benzene rings is 1. The zero-order valence-corrected chi connectivity index (χ0v) is 15.1. The maximum atomic E-state index is 13.4. The molecule has 1 aromatic rings. The Kier molecular flexibility index (Phi) is 6.20. The van der Waals surface area contributed by atoms with Gasteiger partial charge in [-0.3, -0.25) is 4.55 Å². The molecule has 0 saturated heterocycles. The zero-order chi connectivity index (χ0) is 15.7. The van der Waals surface area contributed by atoms with E-state index in [1.165, 1.54) is 19.9 Å². The summed E-state index contributed by atoms with van der Waals surface area (Å²) in [4.78, 5) is 0. The molecule has 0 fully saturated rings. The second kappa shape index (κ2) is 6.86. The lowest BCUT2D eigenvalue weighted by Crippen LogP contribution is -2.41. The summed E-state index contributed by atoms with van der Waals surface area (Å²) in [7, 11) is -3.61. The molecule has 0 aliphatic carbocycles. The first-order chi connectivity index (χ1) is 9.13. The number of halogens is 3. The van der Waals surface area contributed by atoms with Gasteiger partial charge in [-0.05, 0) is 41.6 Å². The molecule has 0 heterocycles. The molecule has 114 valence electrons. The minimum Gasteiger partial charge on any atom is -0.289 e. The highest BCUT2D eigenvalue weighted by Crippen LogP contribution is 2.34. The lowest BCUT2D eigenvalue weighted by molar-refractivity contribution is 0.550. The molecule has 2 unspecified atom stereocenters. The number of rotatable bonds is 5. The van der Waals surface area contributed by atoms with E-state index in [0.717, 1.165) is 10.4 Å². The first kappa shape index (κ1) is 18.1. The third-order valence-corrected chi connectivity index (χ3v) is 7.47. The molecule has 0 bridgehead atoms. The van der Waals surface area contributed by atoms with Gasteiger partial charge in [0.1, 0.15) is 11.2 Å². The highest BCUT2D eigenvalue weighted by Gasteiger charge is 2.31. The van der Waals surface area contributed by atoms with E-state index in [-0.39, 0.29) is 20.0 Å². The highest BCUT2D eigenvalue weighted by atomic mass is 127. The summed E-state index contributed by atoms with van der Waals surface area (Å²) in [6.07, 6.45) is 0. The Bertz CT molecular complexity index is 640. The smallest absolute Gasteiger partial charge is 0.263 e. The van der Waals surface area contributed by atoms with E-state index in [9.17, 15) is 21.6 Å². The first-order valence-corrected chi connectivity index (χ1v) is 9.62. The fraction of sp³-hybridized carbons (Fsp3) is 0.400. The monoisotopic (exact) mass is 455 g/mol. The lowest BCUT2D eigenvalue weighted by atomic mass is 10.3. The van der Waals surface area contributed by atoms with Crippen molar-refractivity contribution >= 4 is 61.0 Å². The van der Waals surface area contributed by atoms with Crippen molar-refractivity contribution in [1.82, 2.24) is 0 Å². The normalized spacial score (nSPS) is 14.9. The van der Waals surface area contributed by atoms with Crippen LogP contribution in [-0.2, 0) is 21.1 Å². The molecule has 0 saturated carbocycles. The molecule has 0 aromatic heterocycles. The van der Waals surface area contributed by atoms with Gasteiger partial charge in [0.2, 0.25) is 0 Å². The number of sulfone groups is 1. The summed E-state index contributed by atoms with van der Waals surface area (Å²) in [5.41, 5.74) is -0.0113. The number of hydrogen-bond acceptors (Lipinski definition) is 3. The minimum absolute atomic E-state index is 0.0113. The molecule has 20 heavy (non-hydrogen) atoms. The predicted octanol–water partition coefficient (Wildman–Crippen LogP) is 2.81. The fourth-order valence-electron chi connectivity index (χ4n) is 1.48. The maximum absolute atomic E-state index is 13.4. The third-order valence-electron chi connectivity index (χ3n) is 2.67. The van der Waals surface area contributed by atoms with Gasteiger partial charge in [-0.25, -0.2) is 21.3 Å². The van der Waals surface area contributed by atoms with Crippen molar-refractivity contribution in [1.29, 1.82) is 0 Å². The van der Waals surface area contributed by atoms with E-state index < -0.39 is 32.3 Å². The molecular weight excluding hydrogens is 444 g/mol. The topological polar surface area (TPSA) is 74.7 Å². The van der Waals surface area contributed by atoms with Crippen LogP contribution in [0.3, 0.4) is 0 Å². The van der Waals surface area contributed by atoms with Crippen LogP contribution in [0.5, 0.6) is 0 Å². The predicted molar refractivity (Wildman–Crippen MR) is 86.3 cm³/mol. The van der Waals surface area contributed by atoms with Crippen molar-refractivity contribution in [2.24, 2.45) is 0 Å². The van der Waals surface area contributed by atoms with Crippen molar-refractivity contribution < 1.29 is 21.6 Å². The van der Waals surface area contributed by atoms with Gasteiger partial charge in [0.25, 0.3) is 11.3 Å². The quantitative estimate of drug-likeness (QED) is 0.421. The second-order valence-corrected chi connectivity index (χ2v) is 8.70. The Labute approximate surface area is 138 Å². The summed E-state index contributed by atoms with van der Waals surface area (Å²) < 4.78 is 58.7. The standard InChI is InChI=1S/C10H12ClFINO4S2/c1-3-20(17,18)6(2)14(19(15)16)8-5-4-7(12)10(13)9(8)11/h4-6H,3H2,1-2H3,(H,15,16). The summed E-state index contributed by atoms with van der Waals surface area (Å²) in [5.74, 6) is -0.786. The van der Waals surface area contributed by atoms with E-state index in [2.05, 4.69) is 0 Å². The van der Waals surface area contributed by atoms with Gasteiger partial charge in [0.15, 0.2) is 9.84 Å². The van der Waals surface area contributed by atoms with Gasteiger partial charge in [-0.15, -0.1) is 0 Å². The van der Waals surface area contributed by atoms with Crippen LogP contribution >= 0.6 is 34.2 Å². The Balaban J connectivity index is 3.44. The van der Waals surface area contributed by atoms with Crippen molar-refractivity contribution in [3.05, 3.63) is 26.5 Å². The Morgan fingerprint density at radius 3 is 2.55 bits per heavy atom. The number of nitrogens with zero attached hydrogens (tertiary/aromatic N) is 1. The molecule has 1 aromatic carbocycles. The average Bonchev–Trinajstić information content (AvgIpc) is 2.38. The minimum atomic E-state index is -3.61. The average molecular weight is 456 g/mol. The van der Waals surface area contributed by atoms with Crippen molar-refractivity contribution in [2.45, 2.75) is 19.2 Å². The fourth-order valence-corrected chi connectivity index (χ4v) is 4.31. The van der Waals surface area contributed by atoms with Crippen LogP contribution in [0.15, 0.2) is 12.1 Å². The largest absolute Gasteiger partial charge is 0.289 e. The van der Waals surface area contributed by atoms with Gasteiger partial charge < -0.3 is 0 Å². The van der Waals surface area contributed by atoms with Gasteiger partial charge in [-0.1, -0.05) is 18.5 Å². The van der Waals surface area contributed by atoms with Crippen LogP contribution < -0.4 is 4.31 Å². The molecule has 0 spiro atoms. The summed E-state index contributed by atoms with van der Waals surface area (Å²) >= 11 is 4.97. The third kappa shape index (κ3) is 3.62. The molecule has 0 radical (unpaired) electrons.